The number of rotatable bonds is 5. The highest BCUT2D eigenvalue weighted by molar-refractivity contribution is 4.82. The van der Waals surface area contributed by atoms with Gasteiger partial charge in [-0.05, 0) is 5.92 Å². The minimum atomic E-state index is -0.241. The van der Waals surface area contributed by atoms with Crippen molar-refractivity contribution in [3.8, 4) is 0 Å². The van der Waals surface area contributed by atoms with E-state index in [1.54, 1.807) is 0 Å². The average Bonchev–Trinajstić information content (AvgIpc) is 2.75. The van der Waals surface area contributed by atoms with Crippen LogP contribution in [0.4, 0.5) is 0 Å². The molecule has 17 heavy (non-hydrogen) atoms. The molecular weight excluding hydrogens is 218 g/mol. The monoisotopic (exact) mass is 243 g/mol. The van der Waals surface area contributed by atoms with E-state index in [4.69, 9.17) is 14.2 Å². The fourth-order valence-electron chi connectivity index (χ4n) is 2.42. The van der Waals surface area contributed by atoms with E-state index in [2.05, 4.69) is 18.7 Å². The van der Waals surface area contributed by atoms with Gasteiger partial charge in [-0.1, -0.05) is 13.8 Å². The quantitative estimate of drug-likeness (QED) is 0.685. The molecule has 2 heterocycles. The van der Waals surface area contributed by atoms with Crippen LogP contribution in [0.5, 0.6) is 0 Å². The second-order valence-electron chi connectivity index (χ2n) is 5.42. The summed E-state index contributed by atoms with van der Waals surface area (Å²) >= 11 is 0. The molecular formula is C13H25NO3. The van der Waals surface area contributed by atoms with Gasteiger partial charge < -0.3 is 19.1 Å². The molecule has 0 N–H and O–H groups in total. The predicted octanol–water partition coefficient (Wildman–Crippen LogP) is 1.50. The van der Waals surface area contributed by atoms with Crippen LogP contribution in [-0.4, -0.2) is 56.7 Å². The summed E-state index contributed by atoms with van der Waals surface area (Å²) in [6.07, 6.45) is 1.99. The summed E-state index contributed by atoms with van der Waals surface area (Å²) in [4.78, 5) is 2.44. The lowest BCUT2D eigenvalue weighted by Crippen LogP contribution is -2.46. The van der Waals surface area contributed by atoms with Crippen molar-refractivity contribution in [2.75, 3.05) is 46.1 Å². The van der Waals surface area contributed by atoms with Gasteiger partial charge in [0.05, 0.1) is 19.8 Å². The molecule has 4 nitrogen and oxygen atoms in total. The van der Waals surface area contributed by atoms with E-state index >= 15 is 0 Å². The van der Waals surface area contributed by atoms with Gasteiger partial charge in [-0.15, -0.1) is 0 Å². The number of piperidine rings is 1. The van der Waals surface area contributed by atoms with Crippen molar-refractivity contribution >= 4 is 0 Å². The third-order valence-electron chi connectivity index (χ3n) is 3.43. The van der Waals surface area contributed by atoms with Crippen molar-refractivity contribution in [2.45, 2.75) is 32.5 Å². The smallest absolute Gasteiger partial charge is 0.170 e. The van der Waals surface area contributed by atoms with Gasteiger partial charge in [0.2, 0.25) is 0 Å². The van der Waals surface area contributed by atoms with Gasteiger partial charge in [-0.3, -0.25) is 0 Å². The lowest BCUT2D eigenvalue weighted by Gasteiger charge is -2.37. The standard InChI is InChI=1S/C13H25NO3/c1-12(2)11-15-8-7-14-5-3-13(4-6-14)16-9-10-17-13/h12H,3-11H2,1-2H3. The van der Waals surface area contributed by atoms with Gasteiger partial charge in [0, 0.05) is 39.1 Å². The molecule has 0 aliphatic carbocycles. The van der Waals surface area contributed by atoms with Crippen molar-refractivity contribution in [2.24, 2.45) is 5.92 Å². The van der Waals surface area contributed by atoms with E-state index in [-0.39, 0.29) is 5.79 Å². The van der Waals surface area contributed by atoms with Gasteiger partial charge in [0.25, 0.3) is 0 Å². The molecule has 0 bridgehead atoms. The van der Waals surface area contributed by atoms with Gasteiger partial charge in [-0.2, -0.15) is 0 Å². The Bertz CT molecular complexity index is 217. The second kappa shape index (κ2) is 6.14. The molecule has 2 rings (SSSR count). The normalized spacial score (nSPS) is 24.9. The highest BCUT2D eigenvalue weighted by Crippen LogP contribution is 2.30. The molecule has 1 spiro atoms. The van der Waals surface area contributed by atoms with Crippen molar-refractivity contribution in [3.05, 3.63) is 0 Å². The molecule has 0 aromatic heterocycles. The van der Waals surface area contributed by atoms with Crippen molar-refractivity contribution < 1.29 is 14.2 Å². The van der Waals surface area contributed by atoms with E-state index in [0.29, 0.717) is 5.92 Å². The summed E-state index contributed by atoms with van der Waals surface area (Å²) in [6, 6.07) is 0. The fraction of sp³-hybridized carbons (Fsp3) is 1.00. The highest BCUT2D eigenvalue weighted by Gasteiger charge is 2.39. The maximum absolute atomic E-state index is 5.71. The van der Waals surface area contributed by atoms with Crippen LogP contribution in [-0.2, 0) is 14.2 Å². The van der Waals surface area contributed by atoms with Gasteiger partial charge in [0.15, 0.2) is 5.79 Å². The van der Waals surface area contributed by atoms with Gasteiger partial charge in [-0.25, -0.2) is 0 Å². The van der Waals surface area contributed by atoms with E-state index in [0.717, 1.165) is 58.9 Å². The SMILES string of the molecule is CC(C)COCCN1CCC2(CC1)OCCO2. The minimum absolute atomic E-state index is 0.241. The van der Waals surface area contributed by atoms with Gasteiger partial charge in [0.1, 0.15) is 0 Å². The fourth-order valence-corrected chi connectivity index (χ4v) is 2.42. The summed E-state index contributed by atoms with van der Waals surface area (Å²) in [5.41, 5.74) is 0. The minimum Gasteiger partial charge on any atom is -0.380 e. The number of nitrogens with zero attached hydrogens (tertiary/aromatic N) is 1. The first-order chi connectivity index (χ1) is 8.20. The number of hydrogen-bond donors (Lipinski definition) is 0. The second-order valence-corrected chi connectivity index (χ2v) is 5.42. The molecule has 2 aliphatic rings. The van der Waals surface area contributed by atoms with Crippen molar-refractivity contribution in [1.29, 1.82) is 0 Å². The molecule has 0 aromatic carbocycles. The summed E-state index contributed by atoms with van der Waals surface area (Å²) in [7, 11) is 0. The third-order valence-corrected chi connectivity index (χ3v) is 3.43. The zero-order valence-electron chi connectivity index (χ0n) is 11.1. The van der Waals surface area contributed by atoms with Crippen LogP contribution >= 0.6 is 0 Å². The molecule has 4 heteroatoms. The summed E-state index contributed by atoms with van der Waals surface area (Å²) in [5.74, 6) is 0.384. The molecule has 0 unspecified atom stereocenters. The lowest BCUT2D eigenvalue weighted by molar-refractivity contribution is -0.185. The summed E-state index contributed by atoms with van der Waals surface area (Å²) in [6.45, 7) is 10.7. The first-order valence-corrected chi connectivity index (χ1v) is 6.78. The highest BCUT2D eigenvalue weighted by atomic mass is 16.7. The molecule has 0 saturated carbocycles. The topological polar surface area (TPSA) is 30.9 Å². The Balaban J connectivity index is 1.59. The summed E-state index contributed by atoms with van der Waals surface area (Å²) < 4.78 is 17.0. The number of hydrogen-bond acceptors (Lipinski definition) is 4. The van der Waals surface area contributed by atoms with Crippen molar-refractivity contribution in [1.82, 2.24) is 4.90 Å². The van der Waals surface area contributed by atoms with Gasteiger partial charge >= 0.3 is 0 Å². The maximum atomic E-state index is 5.71. The number of ether oxygens (including phenoxy) is 3. The Kier molecular flexibility index (Phi) is 4.79. The van der Waals surface area contributed by atoms with Crippen LogP contribution in [0, 0.1) is 5.92 Å². The van der Waals surface area contributed by atoms with Crippen LogP contribution in [0.15, 0.2) is 0 Å². The maximum Gasteiger partial charge on any atom is 0.170 e. The molecule has 2 fully saturated rings. The molecule has 0 radical (unpaired) electrons. The zero-order valence-corrected chi connectivity index (χ0v) is 11.1. The Morgan fingerprint density at radius 3 is 2.41 bits per heavy atom. The molecule has 0 atom stereocenters. The zero-order chi connectivity index (χ0) is 12.1. The first kappa shape index (κ1) is 13.3. The lowest BCUT2D eigenvalue weighted by atomic mass is 10.0. The van der Waals surface area contributed by atoms with E-state index in [9.17, 15) is 0 Å². The molecule has 2 aliphatic heterocycles. The molecule has 2 saturated heterocycles. The Morgan fingerprint density at radius 2 is 1.82 bits per heavy atom. The van der Waals surface area contributed by atoms with Crippen LogP contribution in [0.25, 0.3) is 0 Å². The molecule has 0 amide bonds. The van der Waals surface area contributed by atoms with Crippen LogP contribution in [0.3, 0.4) is 0 Å². The van der Waals surface area contributed by atoms with Crippen molar-refractivity contribution in [3.63, 3.8) is 0 Å². The van der Waals surface area contributed by atoms with Crippen LogP contribution in [0.2, 0.25) is 0 Å². The third kappa shape index (κ3) is 3.91. The molecule has 100 valence electrons. The summed E-state index contributed by atoms with van der Waals surface area (Å²) in [5, 5.41) is 0. The number of likely N-dealkylation sites (tertiary alicyclic amines) is 1. The average molecular weight is 243 g/mol. The van der Waals surface area contributed by atoms with Crippen LogP contribution in [0.1, 0.15) is 26.7 Å². The van der Waals surface area contributed by atoms with E-state index in [1.807, 2.05) is 0 Å². The largest absolute Gasteiger partial charge is 0.380 e. The Labute approximate surface area is 104 Å². The molecule has 0 aromatic rings. The predicted molar refractivity (Wildman–Crippen MR) is 66.0 cm³/mol. The first-order valence-electron chi connectivity index (χ1n) is 6.78. The Hall–Kier alpha value is -0.160. The van der Waals surface area contributed by atoms with E-state index in [1.165, 1.54) is 0 Å². The Morgan fingerprint density at radius 1 is 1.18 bits per heavy atom. The van der Waals surface area contributed by atoms with Crippen LogP contribution < -0.4 is 0 Å². The van der Waals surface area contributed by atoms with E-state index < -0.39 is 0 Å².